The van der Waals surface area contributed by atoms with Crippen LogP contribution < -0.4 is 4.90 Å². The molecule has 0 radical (unpaired) electrons. The van der Waals surface area contributed by atoms with E-state index in [4.69, 9.17) is 14.7 Å². The minimum absolute atomic E-state index is 0.223. The maximum absolute atomic E-state index is 5.70. The van der Waals surface area contributed by atoms with Gasteiger partial charge in [-0.15, -0.1) is 0 Å². The van der Waals surface area contributed by atoms with Crippen LogP contribution in [0.5, 0.6) is 0 Å². The number of rotatable bonds is 3. The summed E-state index contributed by atoms with van der Waals surface area (Å²) in [6.45, 7) is 6.40. The van der Waals surface area contributed by atoms with Crippen LogP contribution >= 0.6 is 0 Å². The van der Waals surface area contributed by atoms with E-state index < -0.39 is 0 Å². The highest BCUT2D eigenvalue weighted by Crippen LogP contribution is 2.34. The topological polar surface area (TPSA) is 78.8 Å². The molecule has 9 heteroatoms. The van der Waals surface area contributed by atoms with E-state index in [1.807, 2.05) is 48.0 Å². The highest BCUT2D eigenvalue weighted by atomic mass is 16.5. The molecule has 0 amide bonds. The molecule has 0 N–H and O–H groups in total. The second-order valence-corrected chi connectivity index (χ2v) is 8.71. The van der Waals surface area contributed by atoms with Crippen molar-refractivity contribution in [2.24, 2.45) is 14.1 Å². The Kier molecular flexibility index (Phi) is 4.48. The van der Waals surface area contributed by atoms with E-state index in [2.05, 4.69) is 51.7 Å². The zero-order valence-electron chi connectivity index (χ0n) is 19.2. The first-order valence-electron chi connectivity index (χ1n) is 11.2. The van der Waals surface area contributed by atoms with Gasteiger partial charge in [-0.3, -0.25) is 9.25 Å². The first kappa shape index (κ1) is 19.9. The molecule has 0 aromatic carbocycles. The van der Waals surface area contributed by atoms with Crippen molar-refractivity contribution in [3.05, 3.63) is 48.5 Å². The van der Waals surface area contributed by atoms with E-state index >= 15 is 0 Å². The lowest BCUT2D eigenvalue weighted by molar-refractivity contribution is 0.0987. The number of pyridine rings is 1. The molecular weight excluding hydrogens is 416 g/mol. The Balaban J connectivity index is 1.65. The molecule has 168 valence electrons. The van der Waals surface area contributed by atoms with Crippen LogP contribution in [0.2, 0.25) is 0 Å². The summed E-state index contributed by atoms with van der Waals surface area (Å²) in [7, 11) is 3.96. The van der Waals surface area contributed by atoms with Gasteiger partial charge in [-0.2, -0.15) is 5.10 Å². The van der Waals surface area contributed by atoms with Gasteiger partial charge in [0.15, 0.2) is 11.5 Å². The molecule has 1 aliphatic rings. The molecule has 1 fully saturated rings. The second kappa shape index (κ2) is 7.41. The highest BCUT2D eigenvalue weighted by molar-refractivity contribution is 5.95. The Morgan fingerprint density at radius 3 is 2.67 bits per heavy atom. The lowest BCUT2D eigenvalue weighted by Crippen LogP contribution is -2.44. The van der Waals surface area contributed by atoms with E-state index in [1.165, 1.54) is 0 Å². The third kappa shape index (κ3) is 3.03. The maximum atomic E-state index is 5.70. The fourth-order valence-electron chi connectivity index (χ4n) is 4.80. The van der Waals surface area contributed by atoms with Gasteiger partial charge < -0.3 is 14.2 Å². The van der Waals surface area contributed by atoms with E-state index in [0.29, 0.717) is 19.0 Å². The number of aromatic nitrogens is 7. The third-order valence-electron chi connectivity index (χ3n) is 6.48. The SMILES string of the molecule is Cc1cnn(C)c1-n1ccc2c(N3CCOCC3C)nc(-c3ccnc4c3ccn4C)nc21. The molecule has 1 saturated heterocycles. The molecular formula is C24H26N8O. The standard InChI is InChI=1S/C24H26N8O/c1-15-13-26-30(4)24(15)32-10-7-19-22(31-11-12-33-14-16(31)2)27-20(28-23(19)32)17-5-8-25-21-18(17)6-9-29(21)3/h5-10,13,16H,11-12,14H2,1-4H3. The highest BCUT2D eigenvalue weighted by Gasteiger charge is 2.26. The number of fused-ring (bicyclic) bond motifs is 2. The zero-order valence-corrected chi connectivity index (χ0v) is 19.2. The molecule has 0 spiro atoms. The Labute approximate surface area is 191 Å². The van der Waals surface area contributed by atoms with Crippen molar-refractivity contribution in [1.29, 1.82) is 0 Å². The van der Waals surface area contributed by atoms with Crippen LogP contribution in [0, 0.1) is 6.92 Å². The van der Waals surface area contributed by atoms with Crippen LogP contribution in [-0.4, -0.2) is 59.7 Å². The lowest BCUT2D eigenvalue weighted by atomic mass is 10.1. The molecule has 0 saturated carbocycles. The van der Waals surface area contributed by atoms with Gasteiger partial charge in [0.25, 0.3) is 0 Å². The first-order chi connectivity index (χ1) is 16.0. The summed E-state index contributed by atoms with van der Waals surface area (Å²) in [5.41, 5.74) is 3.83. The van der Waals surface area contributed by atoms with Crippen LogP contribution in [0.3, 0.4) is 0 Å². The molecule has 9 nitrogen and oxygen atoms in total. The average molecular weight is 443 g/mol. The lowest BCUT2D eigenvalue weighted by Gasteiger charge is -2.34. The molecule has 6 heterocycles. The summed E-state index contributed by atoms with van der Waals surface area (Å²) >= 11 is 0. The van der Waals surface area contributed by atoms with Crippen molar-refractivity contribution in [2.45, 2.75) is 19.9 Å². The number of ether oxygens (including phenoxy) is 1. The van der Waals surface area contributed by atoms with E-state index in [9.17, 15) is 0 Å². The number of anilines is 1. The van der Waals surface area contributed by atoms with Crippen molar-refractivity contribution < 1.29 is 4.74 Å². The Morgan fingerprint density at radius 1 is 1.03 bits per heavy atom. The van der Waals surface area contributed by atoms with Gasteiger partial charge in [0, 0.05) is 55.7 Å². The fraction of sp³-hybridized carbons (Fsp3) is 0.333. The maximum Gasteiger partial charge on any atom is 0.164 e. The summed E-state index contributed by atoms with van der Waals surface area (Å²) in [4.78, 5) is 17.1. The zero-order chi connectivity index (χ0) is 22.7. The first-order valence-corrected chi connectivity index (χ1v) is 11.2. The van der Waals surface area contributed by atoms with Crippen molar-refractivity contribution >= 4 is 27.9 Å². The fourth-order valence-corrected chi connectivity index (χ4v) is 4.80. The van der Waals surface area contributed by atoms with E-state index in [0.717, 1.165) is 51.4 Å². The number of hydrogen-bond donors (Lipinski definition) is 0. The van der Waals surface area contributed by atoms with Crippen LogP contribution in [-0.2, 0) is 18.8 Å². The van der Waals surface area contributed by atoms with Gasteiger partial charge in [-0.05, 0) is 32.0 Å². The molecule has 5 aromatic heterocycles. The van der Waals surface area contributed by atoms with Crippen LogP contribution in [0.15, 0.2) is 43.0 Å². The largest absolute Gasteiger partial charge is 0.377 e. The number of nitrogens with zero attached hydrogens (tertiary/aromatic N) is 8. The molecule has 33 heavy (non-hydrogen) atoms. The van der Waals surface area contributed by atoms with Gasteiger partial charge >= 0.3 is 0 Å². The third-order valence-corrected chi connectivity index (χ3v) is 6.48. The molecule has 0 bridgehead atoms. The van der Waals surface area contributed by atoms with Gasteiger partial charge in [-0.1, -0.05) is 0 Å². The van der Waals surface area contributed by atoms with Gasteiger partial charge in [-0.25, -0.2) is 15.0 Å². The Morgan fingerprint density at radius 2 is 1.88 bits per heavy atom. The number of hydrogen-bond acceptors (Lipinski definition) is 6. The predicted molar refractivity (Wildman–Crippen MR) is 128 cm³/mol. The van der Waals surface area contributed by atoms with Crippen LogP contribution in [0.1, 0.15) is 12.5 Å². The normalized spacial score (nSPS) is 16.8. The smallest absolute Gasteiger partial charge is 0.164 e. The molecule has 6 rings (SSSR count). The van der Waals surface area contributed by atoms with Crippen molar-refractivity contribution in [3.63, 3.8) is 0 Å². The molecule has 5 aromatic rings. The monoisotopic (exact) mass is 442 g/mol. The Bertz CT molecular complexity index is 1470. The van der Waals surface area contributed by atoms with Gasteiger partial charge in [0.2, 0.25) is 0 Å². The molecule has 1 atom stereocenters. The second-order valence-electron chi connectivity index (χ2n) is 8.71. The minimum Gasteiger partial charge on any atom is -0.377 e. The summed E-state index contributed by atoms with van der Waals surface area (Å²) < 4.78 is 11.7. The minimum atomic E-state index is 0.223. The summed E-state index contributed by atoms with van der Waals surface area (Å²) in [6, 6.07) is 6.40. The quantitative estimate of drug-likeness (QED) is 0.427. The number of aryl methyl sites for hydroxylation is 3. The van der Waals surface area contributed by atoms with Crippen molar-refractivity contribution in [1.82, 2.24) is 33.9 Å². The van der Waals surface area contributed by atoms with Gasteiger partial charge in [0.1, 0.15) is 17.3 Å². The average Bonchev–Trinajstić information content (AvgIpc) is 3.50. The summed E-state index contributed by atoms with van der Waals surface area (Å²) in [6.07, 6.45) is 7.79. The molecule has 1 unspecified atom stereocenters. The molecule has 0 aliphatic carbocycles. The van der Waals surface area contributed by atoms with Gasteiger partial charge in [0.05, 0.1) is 30.8 Å². The van der Waals surface area contributed by atoms with Crippen molar-refractivity contribution in [3.8, 4) is 17.2 Å². The molecule has 1 aliphatic heterocycles. The predicted octanol–water partition coefficient (Wildman–Crippen LogP) is 3.24. The van der Waals surface area contributed by atoms with Crippen LogP contribution in [0.4, 0.5) is 5.82 Å². The van der Waals surface area contributed by atoms with Crippen LogP contribution in [0.25, 0.3) is 39.3 Å². The number of morpholine rings is 1. The Hall–Kier alpha value is -3.72. The van der Waals surface area contributed by atoms with Crippen molar-refractivity contribution in [2.75, 3.05) is 24.7 Å². The van der Waals surface area contributed by atoms with E-state index in [1.54, 1.807) is 0 Å². The summed E-state index contributed by atoms with van der Waals surface area (Å²) in [5.74, 6) is 2.62. The summed E-state index contributed by atoms with van der Waals surface area (Å²) in [5, 5.41) is 6.50. The van der Waals surface area contributed by atoms with E-state index in [-0.39, 0.29) is 6.04 Å².